The van der Waals surface area contributed by atoms with E-state index in [1.165, 1.54) is 6.07 Å². The van der Waals surface area contributed by atoms with Gasteiger partial charge < -0.3 is 9.84 Å². The van der Waals surface area contributed by atoms with Crippen LogP contribution in [0.4, 0.5) is 0 Å². The highest BCUT2D eigenvalue weighted by Crippen LogP contribution is 2.26. The minimum atomic E-state index is -0.994. The number of hydrogen-bond donors (Lipinski definition) is 1. The van der Waals surface area contributed by atoms with Gasteiger partial charge in [-0.3, -0.25) is 0 Å². The Morgan fingerprint density at radius 3 is 2.39 bits per heavy atom. The van der Waals surface area contributed by atoms with E-state index in [0.717, 1.165) is 4.90 Å². The molecular weight excluding hydrogens is 248 g/mol. The number of rotatable bonds is 4. The summed E-state index contributed by atoms with van der Waals surface area (Å²) in [6.45, 7) is 0. The number of para-hydroxylation sites is 1. The summed E-state index contributed by atoms with van der Waals surface area (Å²) >= 11 is 1.64. The summed E-state index contributed by atoms with van der Waals surface area (Å²) in [7, 11) is 0. The first-order valence-corrected chi connectivity index (χ1v) is 6.57. The summed E-state index contributed by atoms with van der Waals surface area (Å²) in [4.78, 5) is 12.2. The first-order valence-electron chi connectivity index (χ1n) is 5.35. The maximum atomic E-state index is 11.0. The number of hydrogen-bond acceptors (Lipinski definition) is 3. The van der Waals surface area contributed by atoms with Crippen molar-refractivity contribution in [3.8, 4) is 11.5 Å². The van der Waals surface area contributed by atoms with E-state index in [2.05, 4.69) is 0 Å². The second-order valence-electron chi connectivity index (χ2n) is 3.58. The maximum Gasteiger partial charge on any atom is 0.339 e. The molecule has 0 unspecified atom stereocenters. The lowest BCUT2D eigenvalue weighted by Crippen LogP contribution is -1.99. The van der Waals surface area contributed by atoms with Crippen LogP contribution in [0.3, 0.4) is 0 Å². The average Bonchev–Trinajstić information content (AvgIpc) is 2.40. The molecule has 0 radical (unpaired) electrons. The van der Waals surface area contributed by atoms with Gasteiger partial charge in [-0.05, 0) is 42.7 Å². The highest BCUT2D eigenvalue weighted by molar-refractivity contribution is 7.98. The zero-order chi connectivity index (χ0) is 13.0. The van der Waals surface area contributed by atoms with Crippen molar-refractivity contribution >= 4 is 17.7 Å². The fourth-order valence-electron chi connectivity index (χ4n) is 1.50. The summed E-state index contributed by atoms with van der Waals surface area (Å²) in [6.07, 6.45) is 2.00. The monoisotopic (exact) mass is 260 g/mol. The van der Waals surface area contributed by atoms with Crippen molar-refractivity contribution in [2.45, 2.75) is 4.90 Å². The highest BCUT2D eigenvalue weighted by Gasteiger charge is 2.10. The van der Waals surface area contributed by atoms with Gasteiger partial charge >= 0.3 is 5.97 Å². The van der Waals surface area contributed by atoms with Crippen molar-refractivity contribution in [3.63, 3.8) is 0 Å². The van der Waals surface area contributed by atoms with Crippen LogP contribution >= 0.6 is 11.8 Å². The predicted octanol–water partition coefficient (Wildman–Crippen LogP) is 3.90. The van der Waals surface area contributed by atoms with E-state index < -0.39 is 5.97 Å². The Kier molecular flexibility index (Phi) is 3.89. The molecule has 2 rings (SSSR count). The van der Waals surface area contributed by atoms with Crippen LogP contribution in [0.5, 0.6) is 11.5 Å². The quantitative estimate of drug-likeness (QED) is 0.847. The van der Waals surface area contributed by atoms with Crippen molar-refractivity contribution in [1.29, 1.82) is 0 Å². The number of carboxylic acids is 1. The Labute approximate surface area is 109 Å². The van der Waals surface area contributed by atoms with E-state index >= 15 is 0 Å². The van der Waals surface area contributed by atoms with Gasteiger partial charge in [0.1, 0.15) is 17.1 Å². The van der Waals surface area contributed by atoms with Crippen molar-refractivity contribution in [1.82, 2.24) is 0 Å². The minimum Gasteiger partial charge on any atom is -0.478 e. The second kappa shape index (κ2) is 5.60. The van der Waals surface area contributed by atoms with Crippen molar-refractivity contribution in [2.75, 3.05) is 6.26 Å². The molecule has 3 nitrogen and oxygen atoms in total. The average molecular weight is 260 g/mol. The Balaban J connectivity index is 2.25. The number of thioether (sulfide) groups is 1. The fourth-order valence-corrected chi connectivity index (χ4v) is 1.91. The molecule has 0 spiro atoms. The number of carbonyl (C=O) groups is 1. The van der Waals surface area contributed by atoms with Crippen LogP contribution in [0, 0.1) is 0 Å². The van der Waals surface area contributed by atoms with Gasteiger partial charge in [0.05, 0.1) is 0 Å². The van der Waals surface area contributed by atoms with Gasteiger partial charge in [-0.2, -0.15) is 0 Å². The molecule has 18 heavy (non-hydrogen) atoms. The van der Waals surface area contributed by atoms with Gasteiger partial charge in [0.2, 0.25) is 0 Å². The summed E-state index contributed by atoms with van der Waals surface area (Å²) in [5.74, 6) is -0.0188. The molecule has 0 aliphatic heterocycles. The van der Waals surface area contributed by atoms with Crippen molar-refractivity contribution in [2.24, 2.45) is 0 Å². The van der Waals surface area contributed by atoms with Gasteiger partial charge in [0, 0.05) is 4.90 Å². The standard InChI is InChI=1S/C14H12O3S/c1-18-11-8-6-10(7-9-11)17-13-5-3-2-4-12(13)14(15)16/h2-9H,1H3,(H,15,16). The van der Waals surface area contributed by atoms with Crippen molar-refractivity contribution in [3.05, 3.63) is 54.1 Å². The van der Waals surface area contributed by atoms with E-state index in [1.807, 2.05) is 30.5 Å². The van der Waals surface area contributed by atoms with Gasteiger partial charge in [-0.25, -0.2) is 4.79 Å². The lowest BCUT2D eigenvalue weighted by Gasteiger charge is -2.08. The third-order valence-corrected chi connectivity index (χ3v) is 3.15. The molecule has 4 heteroatoms. The first kappa shape index (κ1) is 12.5. The molecule has 1 N–H and O–H groups in total. The fraction of sp³-hybridized carbons (Fsp3) is 0.0714. The molecule has 0 heterocycles. The number of carboxylic acid groups (broad SMARTS) is 1. The van der Waals surface area contributed by atoms with E-state index in [9.17, 15) is 4.79 Å². The summed E-state index contributed by atoms with van der Waals surface area (Å²) in [5, 5.41) is 9.04. The molecular formula is C14H12O3S. The molecule has 0 saturated heterocycles. The molecule has 0 aliphatic carbocycles. The maximum absolute atomic E-state index is 11.0. The summed E-state index contributed by atoms with van der Waals surface area (Å²) in [6, 6.07) is 14.1. The van der Waals surface area contributed by atoms with Crippen LogP contribution in [-0.2, 0) is 0 Å². The molecule has 0 bridgehead atoms. The Morgan fingerprint density at radius 1 is 1.11 bits per heavy atom. The predicted molar refractivity (Wildman–Crippen MR) is 71.7 cm³/mol. The summed E-state index contributed by atoms with van der Waals surface area (Å²) < 4.78 is 5.58. The molecule has 92 valence electrons. The molecule has 0 saturated carbocycles. The Hall–Kier alpha value is -1.94. The third kappa shape index (κ3) is 2.84. The van der Waals surface area contributed by atoms with Crippen LogP contribution in [-0.4, -0.2) is 17.3 Å². The lowest BCUT2D eigenvalue weighted by atomic mass is 10.2. The largest absolute Gasteiger partial charge is 0.478 e. The molecule has 0 amide bonds. The molecule has 0 aromatic heterocycles. The van der Waals surface area contributed by atoms with E-state index in [1.54, 1.807) is 30.0 Å². The van der Waals surface area contributed by atoms with Crippen LogP contribution < -0.4 is 4.74 Å². The van der Waals surface area contributed by atoms with Gasteiger partial charge in [-0.15, -0.1) is 11.8 Å². The van der Waals surface area contributed by atoms with Gasteiger partial charge in [-0.1, -0.05) is 12.1 Å². The van der Waals surface area contributed by atoms with Gasteiger partial charge in [0.25, 0.3) is 0 Å². The van der Waals surface area contributed by atoms with Crippen LogP contribution in [0.25, 0.3) is 0 Å². The molecule has 2 aromatic carbocycles. The zero-order valence-electron chi connectivity index (χ0n) is 9.79. The minimum absolute atomic E-state index is 0.159. The second-order valence-corrected chi connectivity index (χ2v) is 4.46. The van der Waals surface area contributed by atoms with Crippen LogP contribution in [0.1, 0.15) is 10.4 Å². The van der Waals surface area contributed by atoms with Gasteiger partial charge in [0.15, 0.2) is 0 Å². The first-order chi connectivity index (χ1) is 8.70. The zero-order valence-corrected chi connectivity index (χ0v) is 10.6. The molecule has 2 aromatic rings. The molecule has 0 aliphatic rings. The highest BCUT2D eigenvalue weighted by atomic mass is 32.2. The Bertz CT molecular complexity index is 549. The number of aromatic carboxylic acids is 1. The molecule has 0 fully saturated rings. The third-order valence-electron chi connectivity index (χ3n) is 2.40. The van der Waals surface area contributed by atoms with E-state index in [4.69, 9.17) is 9.84 Å². The number of benzene rings is 2. The van der Waals surface area contributed by atoms with Crippen LogP contribution in [0.2, 0.25) is 0 Å². The topological polar surface area (TPSA) is 46.5 Å². The number of ether oxygens (including phenoxy) is 1. The van der Waals surface area contributed by atoms with E-state index in [0.29, 0.717) is 11.5 Å². The van der Waals surface area contributed by atoms with Crippen molar-refractivity contribution < 1.29 is 14.6 Å². The van der Waals surface area contributed by atoms with E-state index in [-0.39, 0.29) is 5.56 Å². The summed E-state index contributed by atoms with van der Waals surface area (Å²) in [5.41, 5.74) is 0.159. The smallest absolute Gasteiger partial charge is 0.339 e. The Morgan fingerprint density at radius 2 is 1.78 bits per heavy atom. The van der Waals surface area contributed by atoms with Crippen LogP contribution in [0.15, 0.2) is 53.4 Å². The normalized spacial score (nSPS) is 10.1. The SMILES string of the molecule is CSc1ccc(Oc2ccccc2C(=O)O)cc1. The lowest BCUT2D eigenvalue weighted by molar-refractivity contribution is 0.0694. The molecule has 0 atom stereocenters.